The fourth-order valence-corrected chi connectivity index (χ4v) is 3.32. The number of halogens is 1. The molecule has 0 bridgehead atoms. The maximum atomic E-state index is 11.7. The second kappa shape index (κ2) is 11.2. The Morgan fingerprint density at radius 3 is 2.46 bits per heavy atom. The van der Waals surface area contributed by atoms with Crippen LogP contribution in [0.2, 0.25) is 0 Å². The molecule has 6 heteroatoms. The van der Waals surface area contributed by atoms with Gasteiger partial charge in [-0.2, -0.15) is 0 Å². The van der Waals surface area contributed by atoms with Crippen LogP contribution in [0, 0.1) is 5.41 Å². The van der Waals surface area contributed by atoms with Crippen molar-refractivity contribution < 1.29 is 4.79 Å². The van der Waals surface area contributed by atoms with E-state index >= 15 is 0 Å². The van der Waals surface area contributed by atoms with E-state index in [2.05, 4.69) is 29.8 Å². The zero-order valence-electron chi connectivity index (χ0n) is 15.3. The van der Waals surface area contributed by atoms with Crippen molar-refractivity contribution >= 4 is 35.8 Å². The molecular formula is C18H35IN4O. The average molecular weight is 450 g/mol. The number of aliphatic imine (C=N–C) groups is 1. The topological polar surface area (TPSA) is 65.5 Å². The average Bonchev–Trinajstić information content (AvgIpc) is 3.23. The summed E-state index contributed by atoms with van der Waals surface area (Å²) in [5, 5.41) is 9.72. The summed E-state index contributed by atoms with van der Waals surface area (Å²) in [5.41, 5.74) is 0.423. The Balaban J connectivity index is 0.00000288. The molecule has 0 heterocycles. The molecule has 2 aliphatic carbocycles. The second-order valence-corrected chi connectivity index (χ2v) is 7.13. The van der Waals surface area contributed by atoms with Crippen LogP contribution in [0.1, 0.15) is 71.6 Å². The number of hydrogen-bond donors (Lipinski definition) is 3. The third-order valence-electron chi connectivity index (χ3n) is 5.15. The van der Waals surface area contributed by atoms with Gasteiger partial charge in [-0.3, -0.25) is 9.79 Å². The van der Waals surface area contributed by atoms with Crippen molar-refractivity contribution in [2.45, 2.75) is 77.7 Å². The van der Waals surface area contributed by atoms with Crippen molar-refractivity contribution in [2.24, 2.45) is 10.4 Å². The van der Waals surface area contributed by atoms with E-state index in [9.17, 15) is 4.79 Å². The molecule has 0 spiro atoms. The summed E-state index contributed by atoms with van der Waals surface area (Å²) in [5.74, 6) is 1.09. The van der Waals surface area contributed by atoms with Crippen LogP contribution in [0.15, 0.2) is 4.99 Å². The number of nitrogens with zero attached hydrogens (tertiary/aromatic N) is 1. The van der Waals surface area contributed by atoms with Gasteiger partial charge in [0, 0.05) is 32.1 Å². The number of hydrogen-bond acceptors (Lipinski definition) is 2. The molecule has 0 radical (unpaired) electrons. The van der Waals surface area contributed by atoms with Gasteiger partial charge in [0.2, 0.25) is 5.91 Å². The van der Waals surface area contributed by atoms with Gasteiger partial charge in [0.05, 0.1) is 0 Å². The monoisotopic (exact) mass is 450 g/mol. The Morgan fingerprint density at radius 2 is 1.88 bits per heavy atom. The SMILES string of the molecule is CCNC(=NCC1(CC)CCCC1)NCCCC(=O)NC1CC1.I. The molecule has 0 unspecified atom stereocenters. The zero-order valence-corrected chi connectivity index (χ0v) is 17.7. The van der Waals surface area contributed by atoms with E-state index in [-0.39, 0.29) is 29.9 Å². The van der Waals surface area contributed by atoms with Gasteiger partial charge in [0.25, 0.3) is 0 Å². The van der Waals surface area contributed by atoms with Crippen molar-refractivity contribution in [1.82, 2.24) is 16.0 Å². The lowest BCUT2D eigenvalue weighted by Crippen LogP contribution is -2.39. The summed E-state index contributed by atoms with van der Waals surface area (Å²) in [4.78, 5) is 16.5. The Labute approximate surface area is 164 Å². The lowest BCUT2D eigenvalue weighted by molar-refractivity contribution is -0.121. The molecule has 0 aromatic carbocycles. The van der Waals surface area contributed by atoms with E-state index < -0.39 is 0 Å². The molecule has 0 aliphatic heterocycles. The van der Waals surface area contributed by atoms with Crippen LogP contribution in [0.5, 0.6) is 0 Å². The Bertz CT molecular complexity index is 404. The molecular weight excluding hydrogens is 415 g/mol. The highest BCUT2D eigenvalue weighted by molar-refractivity contribution is 14.0. The van der Waals surface area contributed by atoms with Gasteiger partial charge in [0.15, 0.2) is 5.96 Å². The van der Waals surface area contributed by atoms with Crippen LogP contribution >= 0.6 is 24.0 Å². The maximum absolute atomic E-state index is 11.7. The molecule has 3 N–H and O–H groups in total. The van der Waals surface area contributed by atoms with E-state index in [1.807, 2.05) is 0 Å². The van der Waals surface area contributed by atoms with Crippen LogP contribution in [0.25, 0.3) is 0 Å². The smallest absolute Gasteiger partial charge is 0.220 e. The van der Waals surface area contributed by atoms with Crippen molar-refractivity contribution in [1.29, 1.82) is 0 Å². The van der Waals surface area contributed by atoms with Gasteiger partial charge >= 0.3 is 0 Å². The van der Waals surface area contributed by atoms with E-state index in [1.165, 1.54) is 32.1 Å². The van der Waals surface area contributed by atoms with E-state index in [0.29, 0.717) is 17.9 Å². The first-order chi connectivity index (χ1) is 11.2. The number of rotatable bonds is 9. The van der Waals surface area contributed by atoms with Crippen molar-refractivity contribution in [2.75, 3.05) is 19.6 Å². The summed E-state index contributed by atoms with van der Waals surface area (Å²) in [6.07, 6.45) is 10.3. The van der Waals surface area contributed by atoms with Crippen LogP contribution in [-0.4, -0.2) is 37.5 Å². The lowest BCUT2D eigenvalue weighted by Gasteiger charge is -2.25. The molecule has 1 amide bonds. The van der Waals surface area contributed by atoms with Crippen LogP contribution in [-0.2, 0) is 4.79 Å². The highest BCUT2D eigenvalue weighted by Crippen LogP contribution is 2.41. The van der Waals surface area contributed by atoms with Crippen molar-refractivity contribution in [3.63, 3.8) is 0 Å². The fourth-order valence-electron chi connectivity index (χ4n) is 3.32. The van der Waals surface area contributed by atoms with Crippen LogP contribution in [0.4, 0.5) is 0 Å². The Morgan fingerprint density at radius 1 is 1.17 bits per heavy atom. The first kappa shape index (κ1) is 21.5. The predicted octanol–water partition coefficient (Wildman–Crippen LogP) is 3.19. The standard InChI is InChI=1S/C18H34N4O.HI/c1-3-18(11-5-6-12-18)14-21-17(19-4-2)20-13-7-8-16(23)22-15-9-10-15;/h15H,3-14H2,1-2H3,(H,22,23)(H2,19,20,21);1H. The summed E-state index contributed by atoms with van der Waals surface area (Å²) in [6, 6.07) is 0.464. The van der Waals surface area contributed by atoms with Gasteiger partial charge in [-0.05, 0) is 50.9 Å². The molecule has 5 nitrogen and oxygen atoms in total. The summed E-state index contributed by atoms with van der Waals surface area (Å²) in [7, 11) is 0. The van der Waals surface area contributed by atoms with Crippen molar-refractivity contribution in [3.8, 4) is 0 Å². The molecule has 0 saturated heterocycles. The molecule has 24 heavy (non-hydrogen) atoms. The predicted molar refractivity (Wildman–Crippen MR) is 111 cm³/mol. The molecule has 2 aliphatic rings. The molecule has 2 fully saturated rings. The molecule has 140 valence electrons. The number of carbonyl (C=O) groups is 1. The highest BCUT2D eigenvalue weighted by Gasteiger charge is 2.31. The highest BCUT2D eigenvalue weighted by atomic mass is 127. The van der Waals surface area contributed by atoms with Crippen LogP contribution < -0.4 is 16.0 Å². The first-order valence-corrected chi connectivity index (χ1v) is 9.49. The summed E-state index contributed by atoms with van der Waals surface area (Å²) >= 11 is 0. The van der Waals surface area contributed by atoms with Gasteiger partial charge in [-0.15, -0.1) is 24.0 Å². The summed E-state index contributed by atoms with van der Waals surface area (Å²) in [6.45, 7) is 6.96. The molecule has 0 atom stereocenters. The number of guanidine groups is 1. The minimum Gasteiger partial charge on any atom is -0.357 e. The number of carbonyl (C=O) groups excluding carboxylic acids is 1. The molecule has 2 saturated carbocycles. The minimum atomic E-state index is 0. The largest absolute Gasteiger partial charge is 0.357 e. The Kier molecular flexibility index (Phi) is 10.0. The van der Waals surface area contributed by atoms with Gasteiger partial charge in [0.1, 0.15) is 0 Å². The molecule has 0 aromatic rings. The molecule has 2 rings (SSSR count). The third kappa shape index (κ3) is 7.57. The fraction of sp³-hybridized carbons (Fsp3) is 0.889. The van der Waals surface area contributed by atoms with Crippen molar-refractivity contribution in [3.05, 3.63) is 0 Å². The third-order valence-corrected chi connectivity index (χ3v) is 5.15. The second-order valence-electron chi connectivity index (χ2n) is 7.13. The number of amides is 1. The lowest BCUT2D eigenvalue weighted by atomic mass is 9.84. The summed E-state index contributed by atoms with van der Waals surface area (Å²) < 4.78 is 0. The van der Waals surface area contributed by atoms with Gasteiger partial charge in [-0.1, -0.05) is 19.8 Å². The normalized spacial score (nSPS) is 19.5. The molecule has 0 aromatic heterocycles. The van der Waals surface area contributed by atoms with Gasteiger partial charge in [-0.25, -0.2) is 0 Å². The maximum Gasteiger partial charge on any atom is 0.220 e. The minimum absolute atomic E-state index is 0. The van der Waals surface area contributed by atoms with E-state index in [1.54, 1.807) is 0 Å². The quantitative estimate of drug-likeness (QED) is 0.219. The number of nitrogens with one attached hydrogen (secondary N) is 3. The van der Waals surface area contributed by atoms with E-state index in [0.717, 1.165) is 44.9 Å². The Hall–Kier alpha value is -0.530. The van der Waals surface area contributed by atoms with Crippen LogP contribution in [0.3, 0.4) is 0 Å². The van der Waals surface area contributed by atoms with Gasteiger partial charge < -0.3 is 16.0 Å². The van der Waals surface area contributed by atoms with E-state index in [4.69, 9.17) is 4.99 Å². The zero-order chi connectivity index (χ0) is 16.5. The first-order valence-electron chi connectivity index (χ1n) is 9.49.